The topological polar surface area (TPSA) is 56.5 Å². The molecule has 1 aliphatic carbocycles. The van der Waals surface area contributed by atoms with Crippen LogP contribution in [0, 0.1) is 11.8 Å². The summed E-state index contributed by atoms with van der Waals surface area (Å²) in [6.45, 7) is 3.55. The van der Waals surface area contributed by atoms with Crippen molar-refractivity contribution in [3.8, 4) is 11.5 Å². The largest absolute Gasteiger partial charge is 0.486 e. The summed E-state index contributed by atoms with van der Waals surface area (Å²) in [5.74, 6) is 9.06. The zero-order chi connectivity index (χ0) is 14.7. The lowest BCUT2D eigenvalue weighted by Crippen LogP contribution is -2.35. The van der Waals surface area contributed by atoms with E-state index in [0.717, 1.165) is 17.4 Å². The Kier molecular flexibility index (Phi) is 4.66. The molecule has 1 aliphatic heterocycles. The summed E-state index contributed by atoms with van der Waals surface area (Å²) >= 11 is 0. The summed E-state index contributed by atoms with van der Waals surface area (Å²) in [7, 11) is 0. The van der Waals surface area contributed by atoms with E-state index in [1.807, 2.05) is 6.07 Å². The second kappa shape index (κ2) is 6.67. The van der Waals surface area contributed by atoms with Crippen LogP contribution in [0.25, 0.3) is 0 Å². The van der Waals surface area contributed by atoms with E-state index in [9.17, 15) is 0 Å². The van der Waals surface area contributed by atoms with Gasteiger partial charge in [-0.25, -0.2) is 0 Å². The molecule has 0 bridgehead atoms. The van der Waals surface area contributed by atoms with Gasteiger partial charge in [0.05, 0.1) is 0 Å². The summed E-state index contributed by atoms with van der Waals surface area (Å²) in [6, 6.07) is 6.42. The summed E-state index contributed by atoms with van der Waals surface area (Å²) in [6.07, 6.45) is 6.45. The Labute approximate surface area is 127 Å². The molecule has 1 saturated carbocycles. The van der Waals surface area contributed by atoms with Crippen LogP contribution in [0.3, 0.4) is 0 Å². The summed E-state index contributed by atoms with van der Waals surface area (Å²) in [5.41, 5.74) is 4.24. The predicted molar refractivity (Wildman–Crippen MR) is 83.2 cm³/mol. The first-order valence-corrected chi connectivity index (χ1v) is 8.17. The van der Waals surface area contributed by atoms with Crippen LogP contribution >= 0.6 is 0 Å². The highest BCUT2D eigenvalue weighted by molar-refractivity contribution is 5.44. The summed E-state index contributed by atoms with van der Waals surface area (Å²) in [5, 5.41) is 0. The molecular weight excluding hydrogens is 264 g/mol. The van der Waals surface area contributed by atoms with E-state index in [0.29, 0.717) is 19.1 Å². The molecule has 1 unspecified atom stereocenters. The van der Waals surface area contributed by atoms with Crippen LogP contribution < -0.4 is 20.7 Å². The van der Waals surface area contributed by atoms with Gasteiger partial charge in [0.1, 0.15) is 13.2 Å². The third-order valence-corrected chi connectivity index (χ3v) is 5.05. The van der Waals surface area contributed by atoms with Crippen LogP contribution in [0.2, 0.25) is 0 Å². The van der Waals surface area contributed by atoms with Gasteiger partial charge in [-0.2, -0.15) is 0 Å². The van der Waals surface area contributed by atoms with Crippen molar-refractivity contribution >= 4 is 0 Å². The molecule has 4 heteroatoms. The quantitative estimate of drug-likeness (QED) is 0.660. The molecule has 0 amide bonds. The minimum absolute atomic E-state index is 0.207. The average molecular weight is 290 g/mol. The van der Waals surface area contributed by atoms with Gasteiger partial charge in [0.15, 0.2) is 11.5 Å². The lowest BCUT2D eigenvalue weighted by Gasteiger charge is -2.34. The van der Waals surface area contributed by atoms with Gasteiger partial charge in [-0.3, -0.25) is 11.3 Å². The smallest absolute Gasteiger partial charge is 0.161 e. The maximum atomic E-state index is 5.86. The van der Waals surface area contributed by atoms with Gasteiger partial charge in [-0.1, -0.05) is 32.3 Å². The molecule has 1 aromatic carbocycles. The fourth-order valence-corrected chi connectivity index (χ4v) is 3.69. The Bertz CT molecular complexity index is 470. The Morgan fingerprint density at radius 1 is 1.14 bits per heavy atom. The number of hydrogen-bond acceptors (Lipinski definition) is 4. The number of hydrogen-bond donors (Lipinski definition) is 2. The number of ether oxygens (including phenoxy) is 2. The lowest BCUT2D eigenvalue weighted by atomic mass is 9.76. The van der Waals surface area contributed by atoms with Gasteiger partial charge >= 0.3 is 0 Å². The van der Waals surface area contributed by atoms with Gasteiger partial charge in [0, 0.05) is 6.04 Å². The molecule has 0 spiro atoms. The molecule has 3 rings (SSSR count). The molecule has 3 N–H and O–H groups in total. The second-order valence-electron chi connectivity index (χ2n) is 6.24. The van der Waals surface area contributed by atoms with Gasteiger partial charge in [-0.05, 0) is 42.4 Å². The molecule has 1 fully saturated rings. The van der Waals surface area contributed by atoms with E-state index >= 15 is 0 Å². The number of rotatable bonds is 4. The molecule has 21 heavy (non-hydrogen) atoms. The average Bonchev–Trinajstić information content (AvgIpc) is 2.56. The molecule has 0 saturated heterocycles. The van der Waals surface area contributed by atoms with Crippen LogP contribution in [-0.2, 0) is 0 Å². The van der Waals surface area contributed by atoms with E-state index < -0.39 is 0 Å². The summed E-state index contributed by atoms with van der Waals surface area (Å²) < 4.78 is 11.3. The predicted octanol–water partition coefficient (Wildman–Crippen LogP) is 3.18. The van der Waals surface area contributed by atoms with E-state index in [1.54, 1.807) is 0 Å². The van der Waals surface area contributed by atoms with Crippen LogP contribution in [0.5, 0.6) is 11.5 Å². The van der Waals surface area contributed by atoms with Crippen molar-refractivity contribution in [1.82, 2.24) is 5.43 Å². The fourth-order valence-electron chi connectivity index (χ4n) is 3.69. The van der Waals surface area contributed by atoms with Gasteiger partial charge < -0.3 is 9.47 Å². The Balaban J connectivity index is 1.74. The standard InChI is InChI=1S/C17H26N2O2/c1-2-12-3-5-13(6-4-12)17(19-18)14-7-8-15-16(11-14)21-10-9-20-15/h7-8,11-13,17,19H,2-6,9-10,18H2,1H3. The Morgan fingerprint density at radius 3 is 2.52 bits per heavy atom. The molecule has 116 valence electrons. The molecule has 0 aromatic heterocycles. The molecule has 1 heterocycles. The van der Waals surface area contributed by atoms with E-state index in [2.05, 4.69) is 24.5 Å². The molecule has 1 aromatic rings. The van der Waals surface area contributed by atoms with Crippen molar-refractivity contribution in [3.05, 3.63) is 23.8 Å². The zero-order valence-electron chi connectivity index (χ0n) is 12.8. The molecule has 1 atom stereocenters. The van der Waals surface area contributed by atoms with E-state index in [4.69, 9.17) is 15.3 Å². The molecule has 4 nitrogen and oxygen atoms in total. The Morgan fingerprint density at radius 2 is 1.86 bits per heavy atom. The van der Waals surface area contributed by atoms with Gasteiger partial charge in [-0.15, -0.1) is 0 Å². The number of nitrogens with one attached hydrogen (secondary N) is 1. The lowest BCUT2D eigenvalue weighted by molar-refractivity contribution is 0.170. The van der Waals surface area contributed by atoms with Crippen molar-refractivity contribution in [1.29, 1.82) is 0 Å². The molecular formula is C17H26N2O2. The number of nitrogens with two attached hydrogens (primary N) is 1. The van der Waals surface area contributed by atoms with E-state index in [1.165, 1.54) is 37.7 Å². The summed E-state index contributed by atoms with van der Waals surface area (Å²) in [4.78, 5) is 0. The third kappa shape index (κ3) is 3.16. The number of hydrazine groups is 1. The highest BCUT2D eigenvalue weighted by Gasteiger charge is 2.28. The van der Waals surface area contributed by atoms with Crippen molar-refractivity contribution in [2.45, 2.75) is 45.1 Å². The van der Waals surface area contributed by atoms with Crippen molar-refractivity contribution in [3.63, 3.8) is 0 Å². The maximum Gasteiger partial charge on any atom is 0.161 e. The van der Waals surface area contributed by atoms with Crippen LogP contribution in [0.1, 0.15) is 50.6 Å². The van der Waals surface area contributed by atoms with Crippen molar-refractivity contribution in [2.75, 3.05) is 13.2 Å². The maximum absolute atomic E-state index is 5.86. The van der Waals surface area contributed by atoms with Gasteiger partial charge in [0.25, 0.3) is 0 Å². The second-order valence-corrected chi connectivity index (χ2v) is 6.24. The van der Waals surface area contributed by atoms with Crippen LogP contribution in [-0.4, -0.2) is 13.2 Å². The molecule has 0 radical (unpaired) electrons. The normalized spacial score (nSPS) is 26.4. The van der Waals surface area contributed by atoms with Crippen LogP contribution in [0.15, 0.2) is 18.2 Å². The van der Waals surface area contributed by atoms with Crippen LogP contribution in [0.4, 0.5) is 0 Å². The zero-order valence-corrected chi connectivity index (χ0v) is 12.8. The Hall–Kier alpha value is -1.26. The first kappa shape index (κ1) is 14.7. The minimum Gasteiger partial charge on any atom is -0.486 e. The van der Waals surface area contributed by atoms with E-state index in [-0.39, 0.29) is 6.04 Å². The minimum atomic E-state index is 0.207. The highest BCUT2D eigenvalue weighted by atomic mass is 16.6. The highest BCUT2D eigenvalue weighted by Crippen LogP contribution is 2.40. The van der Waals surface area contributed by atoms with Gasteiger partial charge in [0.2, 0.25) is 0 Å². The number of fused-ring (bicyclic) bond motifs is 1. The first-order chi connectivity index (χ1) is 10.3. The van der Waals surface area contributed by atoms with Crippen molar-refractivity contribution in [2.24, 2.45) is 17.7 Å². The number of benzene rings is 1. The third-order valence-electron chi connectivity index (χ3n) is 5.05. The monoisotopic (exact) mass is 290 g/mol. The first-order valence-electron chi connectivity index (χ1n) is 8.17. The molecule has 2 aliphatic rings. The fraction of sp³-hybridized carbons (Fsp3) is 0.647. The SMILES string of the molecule is CCC1CCC(C(NN)c2ccc3c(c2)OCCO3)CC1. The van der Waals surface area contributed by atoms with Crippen molar-refractivity contribution < 1.29 is 9.47 Å².